The quantitative estimate of drug-likeness (QED) is 0.725. The number of nitrogens with zero attached hydrogens (tertiary/aromatic N) is 1. The standard InChI is InChI=1S/C15H29NO2/c1-11-8-7-9-13(10-11)16(6)12(2)14(17)18-15(3,4)5/h11-13H,7-10H2,1-6H3. The normalized spacial score (nSPS) is 27.1. The summed E-state index contributed by atoms with van der Waals surface area (Å²) in [5.41, 5.74) is -0.397. The molecule has 1 fully saturated rings. The van der Waals surface area contributed by atoms with Gasteiger partial charge in [-0.1, -0.05) is 19.8 Å². The third-order valence-electron chi connectivity index (χ3n) is 3.84. The molecule has 106 valence electrons. The third kappa shape index (κ3) is 4.60. The second-order valence-electron chi connectivity index (χ2n) is 6.80. The van der Waals surface area contributed by atoms with Gasteiger partial charge in [-0.15, -0.1) is 0 Å². The minimum absolute atomic E-state index is 0.108. The van der Waals surface area contributed by atoms with Gasteiger partial charge in [-0.05, 0) is 53.5 Å². The Balaban J connectivity index is 2.54. The molecule has 0 aromatic rings. The van der Waals surface area contributed by atoms with Crippen molar-refractivity contribution >= 4 is 5.97 Å². The van der Waals surface area contributed by atoms with Crippen LogP contribution >= 0.6 is 0 Å². The van der Waals surface area contributed by atoms with Gasteiger partial charge in [0.15, 0.2) is 0 Å². The topological polar surface area (TPSA) is 29.5 Å². The van der Waals surface area contributed by atoms with Crippen LogP contribution in [0.5, 0.6) is 0 Å². The number of carbonyl (C=O) groups is 1. The van der Waals surface area contributed by atoms with Crippen LogP contribution in [0.3, 0.4) is 0 Å². The number of carbonyl (C=O) groups excluding carboxylic acids is 1. The van der Waals surface area contributed by atoms with Crippen LogP contribution in [0.2, 0.25) is 0 Å². The van der Waals surface area contributed by atoms with E-state index in [-0.39, 0.29) is 12.0 Å². The molecular weight excluding hydrogens is 226 g/mol. The van der Waals surface area contributed by atoms with Crippen molar-refractivity contribution in [3.8, 4) is 0 Å². The van der Waals surface area contributed by atoms with Crippen molar-refractivity contribution in [2.75, 3.05) is 7.05 Å². The average Bonchev–Trinajstić information content (AvgIpc) is 2.24. The molecule has 0 spiro atoms. The number of rotatable bonds is 3. The molecule has 0 bridgehead atoms. The van der Waals surface area contributed by atoms with Crippen LogP contribution in [-0.2, 0) is 9.53 Å². The van der Waals surface area contributed by atoms with Crippen LogP contribution in [0.25, 0.3) is 0 Å². The molecule has 18 heavy (non-hydrogen) atoms. The zero-order valence-electron chi connectivity index (χ0n) is 12.8. The Morgan fingerprint density at radius 3 is 2.44 bits per heavy atom. The third-order valence-corrected chi connectivity index (χ3v) is 3.84. The molecule has 1 saturated carbocycles. The van der Waals surface area contributed by atoms with E-state index in [9.17, 15) is 4.79 Å². The van der Waals surface area contributed by atoms with Crippen LogP contribution < -0.4 is 0 Å². The summed E-state index contributed by atoms with van der Waals surface area (Å²) in [4.78, 5) is 14.3. The van der Waals surface area contributed by atoms with Crippen LogP contribution in [0.4, 0.5) is 0 Å². The molecule has 1 aliphatic rings. The van der Waals surface area contributed by atoms with E-state index in [1.165, 1.54) is 25.7 Å². The first-order chi connectivity index (χ1) is 8.20. The van der Waals surface area contributed by atoms with Crippen molar-refractivity contribution in [1.82, 2.24) is 4.90 Å². The van der Waals surface area contributed by atoms with Crippen LogP contribution in [0.1, 0.15) is 60.3 Å². The van der Waals surface area contributed by atoms with Gasteiger partial charge in [-0.2, -0.15) is 0 Å². The fourth-order valence-corrected chi connectivity index (χ4v) is 2.64. The Bertz CT molecular complexity index is 283. The van der Waals surface area contributed by atoms with E-state index in [1.807, 2.05) is 27.7 Å². The van der Waals surface area contributed by atoms with Gasteiger partial charge in [0.2, 0.25) is 0 Å². The SMILES string of the molecule is CC1CCCC(N(C)C(C)C(=O)OC(C)(C)C)C1. The maximum Gasteiger partial charge on any atom is 0.323 e. The summed E-state index contributed by atoms with van der Waals surface area (Å²) in [5.74, 6) is 0.667. The number of esters is 1. The summed E-state index contributed by atoms with van der Waals surface area (Å²) in [6.45, 7) is 10.0. The smallest absolute Gasteiger partial charge is 0.323 e. The zero-order chi connectivity index (χ0) is 13.9. The summed E-state index contributed by atoms with van der Waals surface area (Å²) < 4.78 is 5.46. The van der Waals surface area contributed by atoms with E-state index < -0.39 is 5.60 Å². The van der Waals surface area contributed by atoms with E-state index in [0.717, 1.165) is 5.92 Å². The monoisotopic (exact) mass is 255 g/mol. The molecule has 0 aromatic carbocycles. The van der Waals surface area contributed by atoms with Crippen LogP contribution in [0.15, 0.2) is 0 Å². The predicted molar refractivity (Wildman–Crippen MR) is 74.5 cm³/mol. The lowest BCUT2D eigenvalue weighted by atomic mass is 9.86. The van der Waals surface area contributed by atoms with Gasteiger partial charge >= 0.3 is 5.97 Å². The Labute approximate surface area is 112 Å². The van der Waals surface area contributed by atoms with Gasteiger partial charge < -0.3 is 4.74 Å². The van der Waals surface area contributed by atoms with Crippen molar-refractivity contribution in [2.45, 2.75) is 78.0 Å². The largest absolute Gasteiger partial charge is 0.459 e. The van der Waals surface area contributed by atoms with Gasteiger partial charge in [0.1, 0.15) is 11.6 Å². The van der Waals surface area contributed by atoms with E-state index in [4.69, 9.17) is 4.74 Å². The number of ether oxygens (including phenoxy) is 1. The fourth-order valence-electron chi connectivity index (χ4n) is 2.64. The summed E-state index contributed by atoms with van der Waals surface area (Å²) in [5, 5.41) is 0. The molecule has 3 atom stereocenters. The zero-order valence-corrected chi connectivity index (χ0v) is 12.8. The summed E-state index contributed by atoms with van der Waals surface area (Å²) in [7, 11) is 2.05. The van der Waals surface area contributed by atoms with E-state index in [0.29, 0.717) is 6.04 Å². The fraction of sp³-hybridized carbons (Fsp3) is 0.933. The summed E-state index contributed by atoms with van der Waals surface area (Å²) in [6.07, 6.45) is 5.00. The van der Waals surface area contributed by atoms with Crippen molar-refractivity contribution in [3.63, 3.8) is 0 Å². The molecule has 1 aliphatic carbocycles. The first-order valence-corrected chi connectivity index (χ1v) is 7.15. The maximum atomic E-state index is 12.1. The molecule has 0 N–H and O–H groups in total. The second-order valence-corrected chi connectivity index (χ2v) is 6.80. The summed E-state index contributed by atoms with van der Waals surface area (Å²) >= 11 is 0. The van der Waals surface area contributed by atoms with E-state index in [1.54, 1.807) is 0 Å². The highest BCUT2D eigenvalue weighted by Crippen LogP contribution is 2.28. The van der Waals surface area contributed by atoms with Crippen molar-refractivity contribution in [1.29, 1.82) is 0 Å². The molecule has 3 unspecified atom stereocenters. The van der Waals surface area contributed by atoms with E-state index in [2.05, 4.69) is 18.9 Å². The first-order valence-electron chi connectivity index (χ1n) is 7.15. The highest BCUT2D eigenvalue weighted by atomic mass is 16.6. The minimum atomic E-state index is -0.397. The van der Waals surface area contributed by atoms with Crippen LogP contribution in [-0.4, -0.2) is 35.6 Å². The highest BCUT2D eigenvalue weighted by molar-refractivity contribution is 5.75. The highest BCUT2D eigenvalue weighted by Gasteiger charge is 2.30. The van der Waals surface area contributed by atoms with Gasteiger partial charge in [0, 0.05) is 6.04 Å². The second kappa shape index (κ2) is 6.05. The van der Waals surface area contributed by atoms with Crippen molar-refractivity contribution in [2.24, 2.45) is 5.92 Å². The van der Waals surface area contributed by atoms with Crippen molar-refractivity contribution < 1.29 is 9.53 Å². The molecule has 0 heterocycles. The average molecular weight is 255 g/mol. The molecular formula is C15H29NO2. The van der Waals surface area contributed by atoms with Crippen LogP contribution in [0, 0.1) is 5.92 Å². The molecule has 3 heteroatoms. The van der Waals surface area contributed by atoms with Gasteiger partial charge in [0.05, 0.1) is 0 Å². The Kier molecular flexibility index (Phi) is 5.20. The predicted octanol–water partition coefficient (Wildman–Crippen LogP) is 3.23. The number of hydrogen-bond donors (Lipinski definition) is 0. The number of likely N-dealkylation sites (N-methyl/N-ethyl adjacent to an activating group) is 1. The lowest BCUT2D eigenvalue weighted by molar-refractivity contribution is -0.161. The first kappa shape index (κ1) is 15.5. The number of hydrogen-bond acceptors (Lipinski definition) is 3. The Morgan fingerprint density at radius 1 is 1.33 bits per heavy atom. The Morgan fingerprint density at radius 2 is 1.94 bits per heavy atom. The Hall–Kier alpha value is -0.570. The van der Waals surface area contributed by atoms with Gasteiger partial charge in [-0.3, -0.25) is 9.69 Å². The lowest BCUT2D eigenvalue weighted by Gasteiger charge is -2.37. The molecule has 0 aromatic heterocycles. The van der Waals surface area contributed by atoms with Crippen molar-refractivity contribution in [3.05, 3.63) is 0 Å². The molecule has 0 aliphatic heterocycles. The molecule has 3 nitrogen and oxygen atoms in total. The van der Waals surface area contributed by atoms with E-state index >= 15 is 0 Å². The lowest BCUT2D eigenvalue weighted by Crippen LogP contribution is -2.46. The van der Waals surface area contributed by atoms with Gasteiger partial charge in [0.25, 0.3) is 0 Å². The molecule has 1 rings (SSSR count). The molecule has 0 saturated heterocycles. The molecule has 0 amide bonds. The minimum Gasteiger partial charge on any atom is -0.459 e. The summed E-state index contributed by atoms with van der Waals surface area (Å²) in [6, 6.07) is 0.371. The van der Waals surface area contributed by atoms with Gasteiger partial charge in [-0.25, -0.2) is 0 Å². The molecule has 0 radical (unpaired) electrons. The maximum absolute atomic E-state index is 12.1.